The van der Waals surface area contributed by atoms with Crippen molar-refractivity contribution in [2.75, 3.05) is 14.2 Å². The van der Waals surface area contributed by atoms with E-state index in [1.165, 1.54) is 14.2 Å². The molecule has 0 amide bonds. The molecule has 0 aliphatic heterocycles. The van der Waals surface area contributed by atoms with Crippen LogP contribution in [0.1, 0.15) is 5.56 Å². The number of carbonyl (C=O) groups is 1. The summed E-state index contributed by atoms with van der Waals surface area (Å²) in [4.78, 5) is 11.3. The van der Waals surface area contributed by atoms with Crippen molar-refractivity contribution in [3.05, 3.63) is 42.0 Å². The summed E-state index contributed by atoms with van der Waals surface area (Å²) < 4.78 is 15.3. The Morgan fingerprint density at radius 3 is 2.56 bits per heavy atom. The highest BCUT2D eigenvalue weighted by atomic mass is 16.6. The topological polar surface area (TPSA) is 48.7 Å². The van der Waals surface area contributed by atoms with E-state index in [0.717, 1.165) is 5.56 Å². The maximum atomic E-state index is 11.3. The molecule has 1 heterocycles. The Morgan fingerprint density at radius 1 is 1.22 bits per heavy atom. The summed E-state index contributed by atoms with van der Waals surface area (Å²) in [6.45, 7) is 0. The van der Waals surface area contributed by atoms with E-state index in [1.54, 1.807) is 6.07 Å². The average Bonchev–Trinajstić information content (AvgIpc) is 2.82. The lowest BCUT2D eigenvalue weighted by Gasteiger charge is -1.98. The van der Waals surface area contributed by atoms with Gasteiger partial charge >= 0.3 is 5.97 Å². The minimum absolute atomic E-state index is 0.135. The number of ether oxygens (including phenoxy) is 2. The van der Waals surface area contributed by atoms with E-state index < -0.39 is 0 Å². The summed E-state index contributed by atoms with van der Waals surface area (Å²) in [5.41, 5.74) is 1.62. The van der Waals surface area contributed by atoms with E-state index in [-0.39, 0.29) is 12.4 Å². The van der Waals surface area contributed by atoms with Crippen LogP contribution in [0.5, 0.6) is 5.95 Å². The van der Waals surface area contributed by atoms with Gasteiger partial charge in [0, 0.05) is 11.1 Å². The molecule has 0 aliphatic rings. The van der Waals surface area contributed by atoms with Crippen LogP contribution in [0.2, 0.25) is 0 Å². The van der Waals surface area contributed by atoms with E-state index >= 15 is 0 Å². The molecule has 0 bridgehead atoms. The average molecular weight is 246 g/mol. The molecule has 94 valence electrons. The third-order valence-electron chi connectivity index (χ3n) is 2.58. The van der Waals surface area contributed by atoms with Crippen LogP contribution in [0.15, 0.2) is 40.8 Å². The number of esters is 1. The largest absolute Gasteiger partial charge is 0.469 e. The van der Waals surface area contributed by atoms with Gasteiger partial charge in [0.15, 0.2) is 0 Å². The van der Waals surface area contributed by atoms with Crippen molar-refractivity contribution in [3.8, 4) is 17.3 Å². The summed E-state index contributed by atoms with van der Waals surface area (Å²) in [6.07, 6.45) is 0.135. The molecule has 18 heavy (non-hydrogen) atoms. The third kappa shape index (κ3) is 2.53. The second-order valence-electron chi connectivity index (χ2n) is 3.75. The monoisotopic (exact) mass is 246 g/mol. The highest BCUT2D eigenvalue weighted by Crippen LogP contribution is 2.31. The van der Waals surface area contributed by atoms with Gasteiger partial charge in [0.1, 0.15) is 5.76 Å². The van der Waals surface area contributed by atoms with Gasteiger partial charge in [-0.3, -0.25) is 4.79 Å². The normalized spacial score (nSPS) is 10.1. The maximum Gasteiger partial charge on any atom is 0.310 e. The second-order valence-corrected chi connectivity index (χ2v) is 3.75. The van der Waals surface area contributed by atoms with Crippen molar-refractivity contribution >= 4 is 5.97 Å². The van der Waals surface area contributed by atoms with Crippen LogP contribution < -0.4 is 4.74 Å². The van der Waals surface area contributed by atoms with Crippen LogP contribution in [-0.2, 0) is 16.0 Å². The van der Waals surface area contributed by atoms with Crippen LogP contribution >= 0.6 is 0 Å². The van der Waals surface area contributed by atoms with E-state index in [4.69, 9.17) is 9.15 Å². The Balaban J connectivity index is 2.32. The Kier molecular flexibility index (Phi) is 3.67. The molecule has 1 aromatic carbocycles. The first kappa shape index (κ1) is 12.2. The van der Waals surface area contributed by atoms with Crippen LogP contribution in [-0.4, -0.2) is 20.2 Å². The van der Waals surface area contributed by atoms with Crippen LogP contribution in [0, 0.1) is 0 Å². The van der Waals surface area contributed by atoms with Gasteiger partial charge in [-0.1, -0.05) is 30.3 Å². The van der Waals surface area contributed by atoms with Gasteiger partial charge in [-0.15, -0.1) is 0 Å². The van der Waals surface area contributed by atoms with Crippen molar-refractivity contribution in [1.29, 1.82) is 0 Å². The lowest BCUT2D eigenvalue weighted by molar-refractivity contribution is -0.139. The summed E-state index contributed by atoms with van der Waals surface area (Å²) >= 11 is 0. The summed E-state index contributed by atoms with van der Waals surface area (Å²) in [6, 6.07) is 11.4. The molecule has 2 aromatic rings. The molecule has 0 saturated carbocycles. The molecule has 0 aliphatic carbocycles. The second kappa shape index (κ2) is 5.40. The molecule has 4 heteroatoms. The standard InChI is InChI=1S/C14H14O4/c1-16-13(15)9-11-8-12(18-14(11)17-2)10-6-4-3-5-7-10/h3-8H,9H2,1-2H3. The number of furan rings is 1. The van der Waals surface area contributed by atoms with Gasteiger partial charge in [-0.2, -0.15) is 0 Å². The van der Waals surface area contributed by atoms with Crippen LogP contribution in [0.3, 0.4) is 0 Å². The summed E-state index contributed by atoms with van der Waals surface area (Å²) in [5, 5.41) is 0. The molecule has 0 fully saturated rings. The first-order chi connectivity index (χ1) is 8.74. The van der Waals surface area contributed by atoms with Crippen molar-refractivity contribution in [2.45, 2.75) is 6.42 Å². The predicted molar refractivity (Wildman–Crippen MR) is 66.4 cm³/mol. The van der Waals surface area contributed by atoms with Gasteiger partial charge < -0.3 is 13.9 Å². The molecular weight excluding hydrogens is 232 g/mol. The minimum Gasteiger partial charge on any atom is -0.469 e. The fraction of sp³-hybridized carbons (Fsp3) is 0.214. The fourth-order valence-corrected chi connectivity index (χ4v) is 1.68. The maximum absolute atomic E-state index is 11.3. The zero-order valence-corrected chi connectivity index (χ0v) is 10.3. The molecule has 0 N–H and O–H groups in total. The molecule has 1 aromatic heterocycles. The molecule has 0 unspecified atom stereocenters. The third-order valence-corrected chi connectivity index (χ3v) is 2.58. The highest BCUT2D eigenvalue weighted by molar-refractivity contribution is 5.74. The van der Waals surface area contributed by atoms with Crippen LogP contribution in [0.25, 0.3) is 11.3 Å². The summed E-state index contributed by atoms with van der Waals surface area (Å²) in [5.74, 6) is 0.694. The van der Waals surface area contributed by atoms with E-state index in [1.807, 2.05) is 30.3 Å². The van der Waals surface area contributed by atoms with Crippen molar-refractivity contribution in [3.63, 3.8) is 0 Å². The Bertz CT molecular complexity index is 528. The molecule has 0 spiro atoms. The van der Waals surface area contributed by atoms with Gasteiger partial charge in [0.25, 0.3) is 5.95 Å². The number of benzene rings is 1. The van der Waals surface area contributed by atoms with Crippen LogP contribution in [0.4, 0.5) is 0 Å². The Labute approximate surface area is 105 Å². The van der Waals surface area contributed by atoms with E-state index in [9.17, 15) is 4.79 Å². The quantitative estimate of drug-likeness (QED) is 0.778. The highest BCUT2D eigenvalue weighted by Gasteiger charge is 2.16. The zero-order valence-electron chi connectivity index (χ0n) is 10.3. The molecule has 0 atom stereocenters. The number of rotatable bonds is 4. The van der Waals surface area contributed by atoms with E-state index in [0.29, 0.717) is 17.3 Å². The van der Waals surface area contributed by atoms with Crippen molar-refractivity contribution in [1.82, 2.24) is 0 Å². The first-order valence-corrected chi connectivity index (χ1v) is 5.53. The van der Waals surface area contributed by atoms with Gasteiger partial charge in [-0.05, 0) is 6.07 Å². The smallest absolute Gasteiger partial charge is 0.310 e. The SMILES string of the molecule is COC(=O)Cc1cc(-c2ccccc2)oc1OC. The van der Waals surface area contributed by atoms with Gasteiger partial charge in [0.2, 0.25) is 0 Å². The molecule has 0 radical (unpaired) electrons. The lowest BCUT2D eigenvalue weighted by Crippen LogP contribution is -2.04. The summed E-state index contributed by atoms with van der Waals surface area (Å²) in [7, 11) is 2.86. The molecular formula is C14H14O4. The minimum atomic E-state index is -0.325. The number of hydrogen-bond donors (Lipinski definition) is 0. The Morgan fingerprint density at radius 2 is 1.94 bits per heavy atom. The van der Waals surface area contributed by atoms with E-state index in [2.05, 4.69) is 4.74 Å². The van der Waals surface area contributed by atoms with Gasteiger partial charge in [-0.25, -0.2) is 0 Å². The molecule has 0 saturated heterocycles. The van der Waals surface area contributed by atoms with Crippen molar-refractivity contribution < 1.29 is 18.7 Å². The zero-order chi connectivity index (χ0) is 13.0. The van der Waals surface area contributed by atoms with Crippen molar-refractivity contribution in [2.24, 2.45) is 0 Å². The number of carbonyl (C=O) groups excluding carboxylic acids is 1. The number of hydrogen-bond acceptors (Lipinski definition) is 4. The predicted octanol–water partition coefficient (Wildman–Crippen LogP) is 2.67. The van der Waals surface area contributed by atoms with Gasteiger partial charge in [0.05, 0.1) is 20.6 Å². The fourth-order valence-electron chi connectivity index (χ4n) is 1.68. The number of methoxy groups -OCH3 is 2. The lowest BCUT2D eigenvalue weighted by atomic mass is 10.1. The molecule has 4 nitrogen and oxygen atoms in total. The first-order valence-electron chi connectivity index (χ1n) is 5.53. The Hall–Kier alpha value is -2.23. The molecule has 2 rings (SSSR count).